The molecule has 0 unspecified atom stereocenters. The fraction of sp³-hybridized carbons (Fsp3) is 0.818. The first-order valence-electron chi connectivity index (χ1n) is 6.29. The summed E-state index contributed by atoms with van der Waals surface area (Å²) in [6.45, 7) is 1.80. The monoisotopic (exact) mass is 257 g/mol. The van der Waals surface area contributed by atoms with Crippen molar-refractivity contribution in [3.8, 4) is 0 Å². The fourth-order valence-electron chi connectivity index (χ4n) is 1.38. The van der Waals surface area contributed by atoms with Crippen LogP contribution in [-0.4, -0.2) is 44.7 Å². The predicted molar refractivity (Wildman–Crippen MR) is 69.9 cm³/mol. The first kappa shape index (κ1) is 14.7. The van der Waals surface area contributed by atoms with Crippen molar-refractivity contribution in [2.75, 3.05) is 26.8 Å². The minimum atomic E-state index is 0.113. The van der Waals surface area contributed by atoms with Crippen molar-refractivity contribution < 1.29 is 9.53 Å². The van der Waals surface area contributed by atoms with Gasteiger partial charge in [0.2, 0.25) is 11.9 Å². The number of guanidine groups is 1. The Hall–Kier alpha value is -1.34. The van der Waals surface area contributed by atoms with E-state index in [-0.39, 0.29) is 5.91 Å². The average Bonchev–Trinajstić information content (AvgIpc) is 3.16. The van der Waals surface area contributed by atoms with Crippen molar-refractivity contribution in [3.05, 3.63) is 0 Å². The standard InChI is InChI=1S/C11H23N5O2/c1-18-8-7-14-11(16-12)13-6-2-3-10(17)15-9-4-5-9/h9H,2-8,12H2,1H3,(H,15,17)(H2,13,14,16). The van der Waals surface area contributed by atoms with Gasteiger partial charge >= 0.3 is 0 Å². The SMILES string of the molecule is COCCNC(=NCCCC(=O)NC1CC1)NN. The van der Waals surface area contributed by atoms with E-state index in [0.29, 0.717) is 38.1 Å². The van der Waals surface area contributed by atoms with E-state index in [1.807, 2.05) is 0 Å². The zero-order valence-electron chi connectivity index (χ0n) is 10.9. The Morgan fingerprint density at radius 3 is 2.89 bits per heavy atom. The van der Waals surface area contributed by atoms with Crippen LogP contribution in [0.5, 0.6) is 0 Å². The van der Waals surface area contributed by atoms with E-state index in [9.17, 15) is 4.79 Å². The molecule has 0 spiro atoms. The molecule has 0 heterocycles. The van der Waals surface area contributed by atoms with Gasteiger partial charge in [0, 0.05) is 32.7 Å². The van der Waals surface area contributed by atoms with E-state index in [2.05, 4.69) is 21.1 Å². The van der Waals surface area contributed by atoms with Gasteiger partial charge in [-0.2, -0.15) is 0 Å². The Morgan fingerprint density at radius 2 is 2.28 bits per heavy atom. The number of amides is 1. The highest BCUT2D eigenvalue weighted by atomic mass is 16.5. The molecule has 1 fully saturated rings. The number of rotatable bonds is 8. The Bertz CT molecular complexity index is 279. The van der Waals surface area contributed by atoms with Gasteiger partial charge in [-0.05, 0) is 19.3 Å². The second-order valence-corrected chi connectivity index (χ2v) is 4.24. The van der Waals surface area contributed by atoms with Crippen molar-refractivity contribution in [3.63, 3.8) is 0 Å². The second kappa shape index (κ2) is 8.71. The van der Waals surface area contributed by atoms with Crippen LogP contribution < -0.4 is 21.9 Å². The number of methoxy groups -OCH3 is 1. The summed E-state index contributed by atoms with van der Waals surface area (Å²) in [4.78, 5) is 15.6. The molecule has 0 aliphatic heterocycles. The van der Waals surface area contributed by atoms with Gasteiger partial charge in [0.1, 0.15) is 0 Å². The third kappa shape index (κ3) is 7.08. The molecule has 1 rings (SSSR count). The van der Waals surface area contributed by atoms with Crippen LogP contribution in [0.3, 0.4) is 0 Å². The smallest absolute Gasteiger partial charge is 0.220 e. The van der Waals surface area contributed by atoms with Crippen LogP contribution in [-0.2, 0) is 9.53 Å². The molecule has 0 bridgehead atoms. The minimum Gasteiger partial charge on any atom is -0.383 e. The van der Waals surface area contributed by atoms with E-state index in [1.165, 1.54) is 0 Å². The number of nitrogens with two attached hydrogens (primary N) is 1. The van der Waals surface area contributed by atoms with Crippen molar-refractivity contribution >= 4 is 11.9 Å². The normalized spacial score (nSPS) is 15.3. The van der Waals surface area contributed by atoms with Gasteiger partial charge in [-0.3, -0.25) is 15.2 Å². The quantitative estimate of drug-likeness (QED) is 0.148. The first-order chi connectivity index (χ1) is 8.76. The van der Waals surface area contributed by atoms with Gasteiger partial charge in [0.15, 0.2) is 0 Å². The van der Waals surface area contributed by atoms with E-state index in [4.69, 9.17) is 10.6 Å². The van der Waals surface area contributed by atoms with Crippen molar-refractivity contribution in [1.82, 2.24) is 16.1 Å². The number of hydrazine groups is 1. The number of hydrogen-bond donors (Lipinski definition) is 4. The lowest BCUT2D eigenvalue weighted by atomic mass is 10.3. The summed E-state index contributed by atoms with van der Waals surface area (Å²) < 4.78 is 4.90. The van der Waals surface area contributed by atoms with Crippen LogP contribution >= 0.6 is 0 Å². The molecular formula is C11H23N5O2. The molecule has 0 aromatic heterocycles. The van der Waals surface area contributed by atoms with Gasteiger partial charge in [0.05, 0.1) is 6.61 Å². The third-order valence-corrected chi connectivity index (χ3v) is 2.51. The highest BCUT2D eigenvalue weighted by Crippen LogP contribution is 2.18. The number of aliphatic imine (C=N–C) groups is 1. The molecule has 1 saturated carbocycles. The van der Waals surface area contributed by atoms with Crippen molar-refractivity contribution in [2.45, 2.75) is 31.7 Å². The molecule has 7 nitrogen and oxygen atoms in total. The summed E-state index contributed by atoms with van der Waals surface area (Å²) in [6, 6.07) is 0.429. The molecule has 1 amide bonds. The molecule has 18 heavy (non-hydrogen) atoms. The number of nitrogens with one attached hydrogen (secondary N) is 3. The minimum absolute atomic E-state index is 0.113. The summed E-state index contributed by atoms with van der Waals surface area (Å²) in [5.74, 6) is 5.94. The molecule has 0 radical (unpaired) electrons. The molecule has 0 aromatic rings. The van der Waals surface area contributed by atoms with Gasteiger partial charge in [-0.15, -0.1) is 0 Å². The predicted octanol–water partition coefficient (Wildman–Crippen LogP) is -0.899. The van der Waals surface area contributed by atoms with Gasteiger partial charge in [-0.25, -0.2) is 5.84 Å². The molecule has 104 valence electrons. The maximum atomic E-state index is 11.4. The Morgan fingerprint density at radius 1 is 1.50 bits per heavy atom. The second-order valence-electron chi connectivity index (χ2n) is 4.24. The highest BCUT2D eigenvalue weighted by molar-refractivity contribution is 5.79. The van der Waals surface area contributed by atoms with Crippen LogP contribution in [0.4, 0.5) is 0 Å². The van der Waals surface area contributed by atoms with E-state index < -0.39 is 0 Å². The van der Waals surface area contributed by atoms with Crippen LogP contribution in [0.25, 0.3) is 0 Å². The van der Waals surface area contributed by atoms with Crippen LogP contribution in [0.2, 0.25) is 0 Å². The molecule has 5 N–H and O–H groups in total. The lowest BCUT2D eigenvalue weighted by Gasteiger charge is -2.08. The first-order valence-corrected chi connectivity index (χ1v) is 6.29. The summed E-state index contributed by atoms with van der Waals surface area (Å²) in [6.07, 6.45) is 3.47. The maximum Gasteiger partial charge on any atom is 0.220 e. The van der Waals surface area contributed by atoms with E-state index in [1.54, 1.807) is 7.11 Å². The molecule has 1 aliphatic carbocycles. The highest BCUT2D eigenvalue weighted by Gasteiger charge is 2.22. The zero-order valence-corrected chi connectivity index (χ0v) is 10.9. The Labute approximate surface area is 108 Å². The van der Waals surface area contributed by atoms with Gasteiger partial charge < -0.3 is 15.4 Å². The average molecular weight is 257 g/mol. The Balaban J connectivity index is 2.06. The largest absolute Gasteiger partial charge is 0.383 e. The zero-order chi connectivity index (χ0) is 13.2. The van der Waals surface area contributed by atoms with E-state index >= 15 is 0 Å². The number of hydrogen-bond acceptors (Lipinski definition) is 4. The van der Waals surface area contributed by atoms with Crippen LogP contribution in [0.15, 0.2) is 4.99 Å². The fourth-order valence-corrected chi connectivity index (χ4v) is 1.38. The summed E-state index contributed by atoms with van der Waals surface area (Å²) in [5.41, 5.74) is 2.47. The molecule has 0 aromatic carbocycles. The number of carbonyl (C=O) groups is 1. The van der Waals surface area contributed by atoms with Crippen molar-refractivity contribution in [1.29, 1.82) is 0 Å². The van der Waals surface area contributed by atoms with Crippen LogP contribution in [0.1, 0.15) is 25.7 Å². The molecule has 0 atom stereocenters. The Kier molecular flexibility index (Phi) is 7.12. The van der Waals surface area contributed by atoms with Crippen LogP contribution in [0, 0.1) is 0 Å². The maximum absolute atomic E-state index is 11.4. The molecular weight excluding hydrogens is 234 g/mol. The summed E-state index contributed by atoms with van der Waals surface area (Å²) in [5, 5.41) is 5.93. The molecule has 7 heteroatoms. The van der Waals surface area contributed by atoms with E-state index in [0.717, 1.165) is 19.3 Å². The number of nitrogens with zero attached hydrogens (tertiary/aromatic N) is 1. The number of carbonyl (C=O) groups excluding carboxylic acids is 1. The lowest BCUT2D eigenvalue weighted by molar-refractivity contribution is -0.121. The lowest BCUT2D eigenvalue weighted by Crippen LogP contribution is -2.42. The van der Waals surface area contributed by atoms with Gasteiger partial charge in [0.25, 0.3) is 0 Å². The summed E-state index contributed by atoms with van der Waals surface area (Å²) in [7, 11) is 1.63. The topological polar surface area (TPSA) is 101 Å². The van der Waals surface area contributed by atoms with Crippen molar-refractivity contribution in [2.24, 2.45) is 10.8 Å². The third-order valence-electron chi connectivity index (χ3n) is 2.51. The molecule has 0 saturated heterocycles. The summed E-state index contributed by atoms with van der Waals surface area (Å²) >= 11 is 0. The molecule has 1 aliphatic rings. The number of ether oxygens (including phenoxy) is 1. The van der Waals surface area contributed by atoms with Gasteiger partial charge in [-0.1, -0.05) is 0 Å².